The number of nitrogens with zero attached hydrogens (tertiary/aromatic N) is 3. The first-order chi connectivity index (χ1) is 16.2. The fourth-order valence-corrected chi connectivity index (χ4v) is 3.35. The van der Waals surface area contributed by atoms with Gasteiger partial charge in [0.2, 0.25) is 0 Å². The average molecular weight is 468 g/mol. The first kappa shape index (κ1) is 27.2. The molecule has 2 aliphatic rings. The summed E-state index contributed by atoms with van der Waals surface area (Å²) in [7, 11) is 0. The van der Waals surface area contributed by atoms with Gasteiger partial charge in [0, 0.05) is 16.4 Å². The summed E-state index contributed by atoms with van der Waals surface area (Å²) < 4.78 is 11.9. The number of allylic oxidation sites excluding steroid dienone is 13. The molecule has 0 N–H and O–H groups in total. The van der Waals surface area contributed by atoms with Gasteiger partial charge in [-0.25, -0.2) is 0 Å². The van der Waals surface area contributed by atoms with E-state index in [0.29, 0.717) is 5.57 Å². The van der Waals surface area contributed by atoms with Gasteiger partial charge < -0.3 is 9.47 Å². The van der Waals surface area contributed by atoms with E-state index in [9.17, 15) is 5.26 Å². The zero-order valence-corrected chi connectivity index (χ0v) is 21.9. The van der Waals surface area contributed by atoms with Crippen molar-refractivity contribution in [2.24, 2.45) is 10.8 Å². The van der Waals surface area contributed by atoms with Crippen molar-refractivity contribution < 1.29 is 9.47 Å². The van der Waals surface area contributed by atoms with Crippen molar-refractivity contribution in [2.45, 2.75) is 61.0 Å². The maximum Gasteiger partial charge on any atom is 0.172 e. The van der Waals surface area contributed by atoms with Crippen LogP contribution in [0.1, 0.15) is 55.4 Å². The molecule has 0 aliphatic carbocycles. The molecular formula is C30H33N3O2. The van der Waals surface area contributed by atoms with Gasteiger partial charge in [0.25, 0.3) is 0 Å². The number of hydrogen-bond donors (Lipinski definition) is 0. The second kappa shape index (κ2) is 10.5. The van der Waals surface area contributed by atoms with Crippen LogP contribution in [-0.4, -0.2) is 5.60 Å². The van der Waals surface area contributed by atoms with Gasteiger partial charge in [-0.2, -0.15) is 15.8 Å². The van der Waals surface area contributed by atoms with E-state index >= 15 is 0 Å². The zero-order valence-electron chi connectivity index (χ0n) is 21.9. The predicted molar refractivity (Wildman–Crippen MR) is 138 cm³/mol. The standard InChI is InChI=1S/C30H33N3O2/c1-28(2,3)25-16-21(17-26(34-25)29(4,5)6)14-12-10-9-11-13-15-24-23(20-33)27(22(18-31)19-32)35-30(24,7)8/h9-17H,1-8H3/b11-9+,12-10+,15-13+. The van der Waals surface area contributed by atoms with E-state index in [-0.39, 0.29) is 27.7 Å². The van der Waals surface area contributed by atoms with Crippen LogP contribution in [0.3, 0.4) is 0 Å². The second-order valence-electron chi connectivity index (χ2n) is 10.9. The SMILES string of the molecule is CC(C)(C)C1=CC(=C/C=C/C=C/C=C/C2=C(C#N)C(=C(C#N)C#N)OC2(C)C)C=C(C(C)(C)C)O1. The molecule has 0 spiro atoms. The highest BCUT2D eigenvalue weighted by atomic mass is 16.5. The monoisotopic (exact) mass is 467 g/mol. The Hall–Kier alpha value is -4.01. The van der Waals surface area contributed by atoms with Crippen LogP contribution >= 0.6 is 0 Å². The predicted octanol–water partition coefficient (Wildman–Crippen LogP) is 7.40. The topological polar surface area (TPSA) is 89.8 Å². The van der Waals surface area contributed by atoms with Crippen molar-refractivity contribution in [1.82, 2.24) is 0 Å². The highest BCUT2D eigenvalue weighted by Gasteiger charge is 2.38. The summed E-state index contributed by atoms with van der Waals surface area (Å²) in [4.78, 5) is 0. The van der Waals surface area contributed by atoms with Gasteiger partial charge in [-0.05, 0) is 31.6 Å². The molecule has 5 nitrogen and oxygen atoms in total. The summed E-state index contributed by atoms with van der Waals surface area (Å²) in [5.74, 6) is 1.92. The smallest absolute Gasteiger partial charge is 0.172 e. The minimum atomic E-state index is -0.818. The van der Waals surface area contributed by atoms with E-state index in [2.05, 4.69) is 59.8 Å². The van der Waals surface area contributed by atoms with Crippen LogP contribution < -0.4 is 0 Å². The number of hydrogen-bond acceptors (Lipinski definition) is 5. The van der Waals surface area contributed by atoms with Crippen molar-refractivity contribution in [3.8, 4) is 18.2 Å². The van der Waals surface area contributed by atoms with Crippen molar-refractivity contribution in [1.29, 1.82) is 15.8 Å². The number of ether oxygens (including phenoxy) is 2. The maximum atomic E-state index is 9.58. The maximum absolute atomic E-state index is 9.58. The van der Waals surface area contributed by atoms with Crippen LogP contribution in [0.4, 0.5) is 0 Å². The molecule has 0 unspecified atom stereocenters. The van der Waals surface area contributed by atoms with E-state index in [4.69, 9.17) is 20.0 Å². The minimum absolute atomic E-state index is 0.0412. The van der Waals surface area contributed by atoms with E-state index in [0.717, 1.165) is 17.1 Å². The molecule has 0 radical (unpaired) electrons. The molecule has 0 aromatic rings. The average Bonchev–Trinajstić information content (AvgIpc) is 3.02. The van der Waals surface area contributed by atoms with Gasteiger partial charge >= 0.3 is 0 Å². The highest BCUT2D eigenvalue weighted by Crippen LogP contribution is 2.40. The molecule has 0 bridgehead atoms. The Morgan fingerprint density at radius 2 is 1.34 bits per heavy atom. The molecule has 2 aliphatic heterocycles. The first-order valence-corrected chi connectivity index (χ1v) is 11.5. The summed E-state index contributed by atoms with van der Waals surface area (Å²) in [6.45, 7) is 16.4. The van der Waals surface area contributed by atoms with E-state index in [1.165, 1.54) is 0 Å². The van der Waals surface area contributed by atoms with Crippen LogP contribution in [0, 0.1) is 44.8 Å². The molecule has 180 valence electrons. The van der Waals surface area contributed by atoms with Gasteiger partial charge in [0.15, 0.2) is 11.3 Å². The van der Waals surface area contributed by atoms with Crippen molar-refractivity contribution >= 4 is 0 Å². The molecular weight excluding hydrogens is 434 g/mol. The fourth-order valence-electron chi connectivity index (χ4n) is 3.35. The van der Waals surface area contributed by atoms with Crippen molar-refractivity contribution in [3.05, 3.63) is 94.3 Å². The Kier molecular flexibility index (Phi) is 8.17. The van der Waals surface area contributed by atoms with E-state index in [1.807, 2.05) is 30.4 Å². The lowest BCUT2D eigenvalue weighted by Crippen LogP contribution is -2.21. The Labute approximate surface area is 209 Å². The lowest BCUT2D eigenvalue weighted by atomic mass is 9.87. The lowest BCUT2D eigenvalue weighted by molar-refractivity contribution is 0.0954. The summed E-state index contributed by atoms with van der Waals surface area (Å²) in [6.07, 6.45) is 17.4. The fraction of sp³-hybridized carbons (Fsp3) is 0.367. The second-order valence-corrected chi connectivity index (χ2v) is 10.9. The molecule has 0 saturated carbocycles. The van der Waals surface area contributed by atoms with Crippen LogP contribution in [0.2, 0.25) is 0 Å². The summed E-state index contributed by atoms with van der Waals surface area (Å²) in [6, 6.07) is 5.66. The van der Waals surface area contributed by atoms with Gasteiger partial charge in [0.1, 0.15) is 40.9 Å². The van der Waals surface area contributed by atoms with Crippen LogP contribution in [0.15, 0.2) is 94.3 Å². The first-order valence-electron chi connectivity index (χ1n) is 11.5. The molecule has 0 amide bonds. The molecule has 0 aromatic heterocycles. The molecule has 35 heavy (non-hydrogen) atoms. The molecule has 2 rings (SSSR count). The Bertz CT molecular complexity index is 1190. The van der Waals surface area contributed by atoms with E-state index in [1.54, 1.807) is 38.1 Å². The van der Waals surface area contributed by atoms with Crippen LogP contribution in [-0.2, 0) is 9.47 Å². The molecule has 0 atom stereocenters. The Balaban J connectivity index is 2.24. The van der Waals surface area contributed by atoms with Crippen molar-refractivity contribution in [3.63, 3.8) is 0 Å². The van der Waals surface area contributed by atoms with E-state index < -0.39 is 5.60 Å². The van der Waals surface area contributed by atoms with Crippen molar-refractivity contribution in [2.75, 3.05) is 0 Å². The summed E-state index contributed by atoms with van der Waals surface area (Å²) in [5.41, 5.74) is 0.694. The lowest BCUT2D eigenvalue weighted by Gasteiger charge is -2.32. The Morgan fingerprint density at radius 3 is 1.83 bits per heavy atom. The zero-order chi connectivity index (χ0) is 26.4. The van der Waals surface area contributed by atoms with Crippen LogP contribution in [0.5, 0.6) is 0 Å². The highest BCUT2D eigenvalue weighted by molar-refractivity contribution is 5.60. The van der Waals surface area contributed by atoms with Gasteiger partial charge in [-0.3, -0.25) is 0 Å². The molecule has 0 saturated heterocycles. The van der Waals surface area contributed by atoms with Gasteiger partial charge in [-0.1, -0.05) is 84.1 Å². The minimum Gasteiger partial charge on any atom is -0.480 e. The molecule has 5 heteroatoms. The van der Waals surface area contributed by atoms with Gasteiger partial charge in [-0.15, -0.1) is 0 Å². The third-order valence-corrected chi connectivity index (χ3v) is 5.35. The molecule has 0 fully saturated rings. The number of rotatable bonds is 4. The third kappa shape index (κ3) is 6.75. The quantitative estimate of drug-likeness (QED) is 0.317. The Morgan fingerprint density at radius 1 is 0.829 bits per heavy atom. The molecule has 0 aromatic carbocycles. The normalized spacial score (nSPS) is 18.1. The van der Waals surface area contributed by atoms with Crippen LogP contribution in [0.25, 0.3) is 0 Å². The number of nitriles is 3. The largest absolute Gasteiger partial charge is 0.480 e. The van der Waals surface area contributed by atoms with Gasteiger partial charge in [0.05, 0.1) is 0 Å². The third-order valence-electron chi connectivity index (χ3n) is 5.35. The summed E-state index contributed by atoms with van der Waals surface area (Å²) >= 11 is 0. The summed E-state index contributed by atoms with van der Waals surface area (Å²) in [5, 5.41) is 27.9. The molecule has 2 heterocycles.